The lowest BCUT2D eigenvalue weighted by molar-refractivity contribution is 0.383. The topological polar surface area (TPSA) is 52.5 Å². The molecule has 4 rings (SSSR count). The molecule has 2 heterocycles. The van der Waals surface area contributed by atoms with Crippen LogP contribution in [0.15, 0.2) is 23.6 Å². The van der Waals surface area contributed by atoms with Crippen molar-refractivity contribution in [2.24, 2.45) is 0 Å². The molecule has 3 nitrogen and oxygen atoms in total. The number of aryl methyl sites for hydroxylation is 1. The molecule has 98 valence electrons. The molecule has 0 saturated heterocycles. The van der Waals surface area contributed by atoms with Crippen molar-refractivity contribution in [3.8, 4) is 11.5 Å². The van der Waals surface area contributed by atoms with Gasteiger partial charge >= 0.3 is 0 Å². The first kappa shape index (κ1) is 11.3. The SMILES string of the molecule is Oc1cc2c(cc1O)[C@H]1c3sccc3CN[C@@H]1CC2. The quantitative estimate of drug-likeness (QED) is 0.647. The van der Waals surface area contributed by atoms with Crippen molar-refractivity contribution < 1.29 is 10.2 Å². The smallest absolute Gasteiger partial charge is 0.157 e. The van der Waals surface area contributed by atoms with E-state index in [1.165, 1.54) is 21.6 Å². The molecule has 0 fully saturated rings. The number of rotatable bonds is 0. The minimum atomic E-state index is -0.0110. The molecule has 2 atom stereocenters. The second-order valence-electron chi connectivity index (χ2n) is 5.35. The number of phenolic OH excluding ortho intramolecular Hbond substituents is 2. The summed E-state index contributed by atoms with van der Waals surface area (Å²) in [5.41, 5.74) is 3.70. The van der Waals surface area contributed by atoms with Crippen LogP contribution < -0.4 is 5.32 Å². The van der Waals surface area contributed by atoms with Gasteiger partial charge in [0, 0.05) is 23.4 Å². The van der Waals surface area contributed by atoms with Gasteiger partial charge in [-0.25, -0.2) is 0 Å². The third-order valence-corrected chi connectivity index (χ3v) is 5.36. The lowest BCUT2D eigenvalue weighted by atomic mass is 9.75. The monoisotopic (exact) mass is 273 g/mol. The van der Waals surface area contributed by atoms with Gasteiger partial charge in [0.1, 0.15) is 0 Å². The summed E-state index contributed by atoms with van der Waals surface area (Å²) in [5, 5.41) is 25.2. The molecule has 0 amide bonds. The van der Waals surface area contributed by atoms with Crippen LogP contribution in [-0.4, -0.2) is 16.3 Å². The highest BCUT2D eigenvalue weighted by atomic mass is 32.1. The third-order valence-electron chi connectivity index (χ3n) is 4.32. The Bertz CT molecular complexity index is 650. The van der Waals surface area contributed by atoms with Gasteiger partial charge in [0.05, 0.1) is 0 Å². The lowest BCUT2D eigenvalue weighted by Gasteiger charge is -2.38. The Kier molecular flexibility index (Phi) is 2.37. The highest BCUT2D eigenvalue weighted by molar-refractivity contribution is 7.10. The maximum Gasteiger partial charge on any atom is 0.157 e. The summed E-state index contributed by atoms with van der Waals surface area (Å²) in [6.07, 6.45) is 2.04. The minimum absolute atomic E-state index is 0.00706. The van der Waals surface area contributed by atoms with Crippen LogP contribution in [-0.2, 0) is 13.0 Å². The Hall–Kier alpha value is -1.52. The van der Waals surface area contributed by atoms with E-state index < -0.39 is 0 Å². The van der Waals surface area contributed by atoms with E-state index in [2.05, 4.69) is 16.8 Å². The molecule has 1 aromatic heterocycles. The Morgan fingerprint density at radius 2 is 2.00 bits per heavy atom. The van der Waals surface area contributed by atoms with Crippen molar-refractivity contribution in [3.63, 3.8) is 0 Å². The van der Waals surface area contributed by atoms with Gasteiger partial charge in [0.15, 0.2) is 11.5 Å². The summed E-state index contributed by atoms with van der Waals surface area (Å²) < 4.78 is 0. The molecular formula is C15H15NO2S. The maximum atomic E-state index is 9.80. The molecule has 3 N–H and O–H groups in total. The summed E-state index contributed by atoms with van der Waals surface area (Å²) in [5.74, 6) is 0.300. The zero-order chi connectivity index (χ0) is 13.0. The van der Waals surface area contributed by atoms with Crippen molar-refractivity contribution in [2.45, 2.75) is 31.3 Å². The first-order valence-electron chi connectivity index (χ1n) is 6.58. The summed E-state index contributed by atoms with van der Waals surface area (Å²) in [7, 11) is 0. The van der Waals surface area contributed by atoms with Crippen LogP contribution in [0.4, 0.5) is 0 Å². The molecule has 2 aromatic rings. The van der Waals surface area contributed by atoms with Crippen molar-refractivity contribution in [3.05, 3.63) is 45.1 Å². The van der Waals surface area contributed by atoms with E-state index in [1.807, 2.05) is 0 Å². The fourth-order valence-corrected chi connectivity index (χ4v) is 4.50. The molecule has 1 aliphatic heterocycles. The van der Waals surface area contributed by atoms with E-state index in [9.17, 15) is 10.2 Å². The summed E-state index contributed by atoms with van der Waals surface area (Å²) in [4.78, 5) is 1.41. The molecule has 2 aliphatic rings. The van der Waals surface area contributed by atoms with E-state index in [4.69, 9.17) is 0 Å². The van der Waals surface area contributed by atoms with Gasteiger partial charge in [0.2, 0.25) is 0 Å². The molecule has 0 bridgehead atoms. The Morgan fingerprint density at radius 3 is 2.89 bits per heavy atom. The molecule has 4 heteroatoms. The number of hydrogen-bond donors (Lipinski definition) is 3. The van der Waals surface area contributed by atoms with Crippen LogP contribution >= 0.6 is 11.3 Å². The van der Waals surface area contributed by atoms with Gasteiger partial charge in [-0.3, -0.25) is 0 Å². The summed E-state index contributed by atoms with van der Waals surface area (Å²) in [6, 6.07) is 6.10. The zero-order valence-electron chi connectivity index (χ0n) is 10.4. The third kappa shape index (κ3) is 1.60. The largest absolute Gasteiger partial charge is 0.504 e. The number of aromatic hydroxyl groups is 2. The second-order valence-corrected chi connectivity index (χ2v) is 6.30. The Labute approximate surface area is 115 Å². The van der Waals surface area contributed by atoms with E-state index in [0.717, 1.165) is 19.4 Å². The first-order chi connectivity index (χ1) is 9.24. The molecular weight excluding hydrogens is 258 g/mol. The number of thiophene rings is 1. The normalized spacial score (nSPS) is 24.4. The highest BCUT2D eigenvalue weighted by Crippen LogP contribution is 2.45. The van der Waals surface area contributed by atoms with Crippen LogP contribution in [0.2, 0.25) is 0 Å². The van der Waals surface area contributed by atoms with Gasteiger partial charge in [-0.05, 0) is 53.1 Å². The van der Waals surface area contributed by atoms with Gasteiger partial charge in [-0.2, -0.15) is 0 Å². The van der Waals surface area contributed by atoms with Crippen molar-refractivity contribution in [1.82, 2.24) is 5.32 Å². The molecule has 19 heavy (non-hydrogen) atoms. The van der Waals surface area contributed by atoms with Crippen molar-refractivity contribution in [2.75, 3.05) is 0 Å². The first-order valence-corrected chi connectivity index (χ1v) is 7.46. The Balaban J connectivity index is 1.91. The van der Waals surface area contributed by atoms with E-state index in [0.29, 0.717) is 12.0 Å². The van der Waals surface area contributed by atoms with Gasteiger partial charge in [0.25, 0.3) is 0 Å². The molecule has 1 aliphatic carbocycles. The number of nitrogens with one attached hydrogen (secondary N) is 1. The zero-order valence-corrected chi connectivity index (χ0v) is 11.2. The van der Waals surface area contributed by atoms with Crippen LogP contribution in [0.1, 0.15) is 33.9 Å². The summed E-state index contributed by atoms with van der Waals surface area (Å²) >= 11 is 1.80. The molecule has 0 unspecified atom stereocenters. The number of benzene rings is 1. The van der Waals surface area contributed by atoms with Crippen LogP contribution in [0.3, 0.4) is 0 Å². The van der Waals surface area contributed by atoms with Crippen molar-refractivity contribution >= 4 is 11.3 Å². The van der Waals surface area contributed by atoms with E-state index in [1.54, 1.807) is 23.5 Å². The van der Waals surface area contributed by atoms with Crippen LogP contribution in [0, 0.1) is 0 Å². The molecule has 1 aromatic carbocycles. The van der Waals surface area contributed by atoms with Crippen LogP contribution in [0.5, 0.6) is 11.5 Å². The van der Waals surface area contributed by atoms with E-state index in [-0.39, 0.29) is 11.5 Å². The fourth-order valence-electron chi connectivity index (χ4n) is 3.39. The number of phenols is 2. The standard InChI is InChI=1S/C15H15NO2S/c17-12-5-8-1-2-11-14(10(8)6-13(12)18)15-9(7-16-11)3-4-19-15/h3-6,11,14,16-18H,1-2,7H2/t11-,14-/m1/s1. The second kappa shape index (κ2) is 3.99. The van der Waals surface area contributed by atoms with E-state index >= 15 is 0 Å². The molecule has 0 spiro atoms. The van der Waals surface area contributed by atoms with Gasteiger partial charge < -0.3 is 15.5 Å². The number of fused-ring (bicyclic) bond motifs is 5. The minimum Gasteiger partial charge on any atom is -0.504 e. The Morgan fingerprint density at radius 1 is 1.16 bits per heavy atom. The highest BCUT2D eigenvalue weighted by Gasteiger charge is 2.36. The lowest BCUT2D eigenvalue weighted by Crippen LogP contribution is -2.41. The fraction of sp³-hybridized carbons (Fsp3) is 0.333. The maximum absolute atomic E-state index is 9.80. The average molecular weight is 273 g/mol. The molecule has 0 saturated carbocycles. The molecule has 0 radical (unpaired) electrons. The predicted molar refractivity (Wildman–Crippen MR) is 74.9 cm³/mol. The average Bonchev–Trinajstić information content (AvgIpc) is 2.88. The predicted octanol–water partition coefficient (Wildman–Crippen LogP) is 2.71. The van der Waals surface area contributed by atoms with Gasteiger partial charge in [-0.15, -0.1) is 11.3 Å². The van der Waals surface area contributed by atoms with Gasteiger partial charge in [-0.1, -0.05) is 0 Å². The van der Waals surface area contributed by atoms with Crippen LogP contribution in [0.25, 0.3) is 0 Å². The number of hydrogen-bond acceptors (Lipinski definition) is 4. The van der Waals surface area contributed by atoms with Crippen molar-refractivity contribution in [1.29, 1.82) is 0 Å². The summed E-state index contributed by atoms with van der Waals surface area (Å²) in [6.45, 7) is 0.944.